The second kappa shape index (κ2) is 12.4. The Morgan fingerprint density at radius 3 is 2.27 bits per heavy atom. The van der Waals surface area contributed by atoms with E-state index in [0.29, 0.717) is 27.4 Å². The summed E-state index contributed by atoms with van der Waals surface area (Å²) in [5, 5.41) is 2.55. The van der Waals surface area contributed by atoms with Crippen LogP contribution in [-0.4, -0.2) is 50.0 Å². The van der Waals surface area contributed by atoms with Crippen molar-refractivity contribution in [3.8, 4) is 0 Å². The molecule has 2 unspecified atom stereocenters. The van der Waals surface area contributed by atoms with E-state index in [2.05, 4.69) is 5.32 Å². The summed E-state index contributed by atoms with van der Waals surface area (Å²) in [4.78, 5) is 27.5. The molecule has 0 aliphatic rings. The molecule has 0 aliphatic heterocycles. The zero-order valence-corrected chi connectivity index (χ0v) is 23.0. The number of carbonyl (C=O) groups is 2. The minimum atomic E-state index is -4.85. The number of amides is 2. The van der Waals surface area contributed by atoms with Crippen LogP contribution in [-0.2, 0) is 32.3 Å². The summed E-state index contributed by atoms with van der Waals surface area (Å²) in [6, 6.07) is 7.88. The first kappa shape index (κ1) is 30.7. The number of anilines is 1. The average molecular weight is 582 g/mol. The summed E-state index contributed by atoms with van der Waals surface area (Å²) in [6.45, 7) is 4.20. The lowest BCUT2D eigenvalue weighted by atomic mass is 10.1. The van der Waals surface area contributed by atoms with Crippen molar-refractivity contribution < 1.29 is 31.2 Å². The van der Waals surface area contributed by atoms with Gasteiger partial charge in [0.05, 0.1) is 22.5 Å². The van der Waals surface area contributed by atoms with E-state index in [1.807, 2.05) is 6.92 Å². The predicted octanol–water partition coefficient (Wildman–Crippen LogP) is 5.11. The van der Waals surface area contributed by atoms with Gasteiger partial charge < -0.3 is 10.2 Å². The van der Waals surface area contributed by atoms with E-state index < -0.39 is 56.9 Å². The van der Waals surface area contributed by atoms with E-state index in [4.69, 9.17) is 23.2 Å². The molecule has 1 N–H and O–H groups in total. The van der Waals surface area contributed by atoms with Crippen LogP contribution < -0.4 is 9.62 Å². The minimum absolute atomic E-state index is 0.0967. The Kier molecular flexibility index (Phi) is 10.3. The van der Waals surface area contributed by atoms with Crippen LogP contribution in [0.1, 0.15) is 38.3 Å². The standard InChI is InChI=1S/C24H28Cl2F3N3O4S/c1-5-15(2)30-23(34)16(3)31(13-17-7-6-8-18(25)11-17)22(33)14-32(37(4,35)36)19-9-10-21(26)20(12-19)24(27,28)29/h6-12,15-16H,5,13-14H2,1-4H3,(H,30,34). The van der Waals surface area contributed by atoms with Gasteiger partial charge in [-0.05, 0) is 56.2 Å². The van der Waals surface area contributed by atoms with Crippen molar-refractivity contribution in [2.24, 2.45) is 0 Å². The van der Waals surface area contributed by atoms with Crippen molar-refractivity contribution in [1.82, 2.24) is 10.2 Å². The fraction of sp³-hybridized carbons (Fsp3) is 0.417. The molecule has 2 aromatic rings. The highest BCUT2D eigenvalue weighted by molar-refractivity contribution is 7.92. The Labute approximate surface area is 224 Å². The highest BCUT2D eigenvalue weighted by Crippen LogP contribution is 2.37. The third kappa shape index (κ3) is 8.51. The molecule has 0 saturated carbocycles. The SMILES string of the molecule is CCC(C)NC(=O)C(C)N(Cc1cccc(Cl)c1)C(=O)CN(c1ccc(Cl)c(C(F)(F)F)c1)S(C)(=O)=O. The fourth-order valence-electron chi connectivity index (χ4n) is 3.38. The summed E-state index contributed by atoms with van der Waals surface area (Å²) in [6.07, 6.45) is -3.44. The van der Waals surface area contributed by atoms with Crippen LogP contribution in [0.25, 0.3) is 0 Å². The molecule has 0 spiro atoms. The van der Waals surface area contributed by atoms with Crippen LogP contribution in [0.15, 0.2) is 42.5 Å². The monoisotopic (exact) mass is 581 g/mol. The average Bonchev–Trinajstić information content (AvgIpc) is 2.79. The molecule has 0 bridgehead atoms. The number of nitrogens with zero attached hydrogens (tertiary/aromatic N) is 2. The van der Waals surface area contributed by atoms with Gasteiger partial charge in [0.2, 0.25) is 21.8 Å². The zero-order chi connectivity index (χ0) is 28.1. The lowest BCUT2D eigenvalue weighted by molar-refractivity contribution is -0.139. The van der Waals surface area contributed by atoms with E-state index in [0.717, 1.165) is 23.3 Å². The van der Waals surface area contributed by atoms with E-state index in [-0.39, 0.29) is 12.6 Å². The smallest absolute Gasteiger partial charge is 0.352 e. The number of nitrogens with one attached hydrogen (secondary N) is 1. The quantitative estimate of drug-likeness (QED) is 0.422. The number of hydrogen-bond donors (Lipinski definition) is 1. The van der Waals surface area contributed by atoms with Gasteiger partial charge in [-0.1, -0.05) is 42.3 Å². The van der Waals surface area contributed by atoms with Crippen molar-refractivity contribution in [3.05, 3.63) is 63.6 Å². The highest BCUT2D eigenvalue weighted by Gasteiger charge is 2.35. The molecule has 0 radical (unpaired) electrons. The van der Waals surface area contributed by atoms with Crippen molar-refractivity contribution in [1.29, 1.82) is 0 Å². The molecule has 0 heterocycles. The zero-order valence-electron chi connectivity index (χ0n) is 20.6. The number of alkyl halides is 3. The second-order valence-corrected chi connectivity index (χ2v) is 11.3. The van der Waals surface area contributed by atoms with E-state index in [1.165, 1.54) is 6.92 Å². The summed E-state index contributed by atoms with van der Waals surface area (Å²) in [5.74, 6) is -1.28. The van der Waals surface area contributed by atoms with Crippen LogP contribution in [0.2, 0.25) is 10.0 Å². The van der Waals surface area contributed by atoms with Gasteiger partial charge in [-0.2, -0.15) is 13.2 Å². The van der Waals surface area contributed by atoms with E-state index in [1.54, 1.807) is 31.2 Å². The maximum absolute atomic E-state index is 13.5. The van der Waals surface area contributed by atoms with Gasteiger partial charge >= 0.3 is 6.18 Å². The molecule has 37 heavy (non-hydrogen) atoms. The number of carbonyl (C=O) groups excluding carboxylic acids is 2. The lowest BCUT2D eigenvalue weighted by Gasteiger charge is -2.32. The molecule has 0 saturated heterocycles. The highest BCUT2D eigenvalue weighted by atomic mass is 35.5. The third-order valence-electron chi connectivity index (χ3n) is 5.63. The second-order valence-electron chi connectivity index (χ2n) is 8.58. The van der Waals surface area contributed by atoms with Crippen molar-refractivity contribution >= 4 is 50.7 Å². The van der Waals surface area contributed by atoms with Crippen molar-refractivity contribution in [2.75, 3.05) is 17.1 Å². The Morgan fingerprint density at radius 2 is 1.73 bits per heavy atom. The maximum atomic E-state index is 13.5. The fourth-order valence-corrected chi connectivity index (χ4v) is 4.66. The molecule has 13 heteroatoms. The first-order valence-corrected chi connectivity index (χ1v) is 13.8. The molecule has 7 nitrogen and oxygen atoms in total. The molecule has 0 aliphatic carbocycles. The Bertz CT molecular complexity index is 1240. The van der Waals surface area contributed by atoms with Crippen LogP contribution >= 0.6 is 23.2 Å². The largest absolute Gasteiger partial charge is 0.417 e. The number of rotatable bonds is 10. The van der Waals surface area contributed by atoms with Gasteiger partial charge in [-0.3, -0.25) is 13.9 Å². The molecule has 204 valence electrons. The molecule has 2 amide bonds. The summed E-state index contributed by atoms with van der Waals surface area (Å²) in [7, 11) is -4.22. The minimum Gasteiger partial charge on any atom is -0.352 e. The van der Waals surface area contributed by atoms with Crippen molar-refractivity contribution in [3.63, 3.8) is 0 Å². The van der Waals surface area contributed by atoms with Gasteiger partial charge in [0.25, 0.3) is 0 Å². The number of benzene rings is 2. The van der Waals surface area contributed by atoms with E-state index >= 15 is 0 Å². The molecule has 0 fully saturated rings. The van der Waals surface area contributed by atoms with Crippen LogP contribution in [0.4, 0.5) is 18.9 Å². The summed E-state index contributed by atoms with van der Waals surface area (Å²) < 4.78 is 65.9. The van der Waals surface area contributed by atoms with Gasteiger partial charge in [-0.15, -0.1) is 0 Å². The maximum Gasteiger partial charge on any atom is 0.417 e. The van der Waals surface area contributed by atoms with Gasteiger partial charge in [0, 0.05) is 17.6 Å². The Balaban J connectivity index is 2.48. The topological polar surface area (TPSA) is 86.8 Å². The summed E-state index contributed by atoms with van der Waals surface area (Å²) >= 11 is 11.7. The number of sulfonamides is 1. The molecule has 0 aromatic heterocycles. The number of halogens is 5. The van der Waals surface area contributed by atoms with Gasteiger partial charge in [0.15, 0.2) is 0 Å². The third-order valence-corrected chi connectivity index (χ3v) is 7.34. The van der Waals surface area contributed by atoms with Crippen LogP contribution in [0, 0.1) is 0 Å². The molecular weight excluding hydrogens is 554 g/mol. The van der Waals surface area contributed by atoms with E-state index in [9.17, 15) is 31.2 Å². The van der Waals surface area contributed by atoms with Gasteiger partial charge in [-0.25, -0.2) is 8.42 Å². The first-order valence-electron chi connectivity index (χ1n) is 11.2. The lowest BCUT2D eigenvalue weighted by Crippen LogP contribution is -2.52. The number of hydrogen-bond acceptors (Lipinski definition) is 4. The normalized spacial score (nSPS) is 13.5. The Hall–Kier alpha value is -2.50. The van der Waals surface area contributed by atoms with Gasteiger partial charge in [0.1, 0.15) is 12.6 Å². The summed E-state index contributed by atoms with van der Waals surface area (Å²) in [5.41, 5.74) is -1.07. The molecular formula is C24H28Cl2F3N3O4S. The molecule has 2 rings (SSSR count). The van der Waals surface area contributed by atoms with Crippen LogP contribution in [0.5, 0.6) is 0 Å². The molecule has 2 aromatic carbocycles. The Morgan fingerprint density at radius 1 is 1.08 bits per heavy atom. The molecule has 2 atom stereocenters. The van der Waals surface area contributed by atoms with Crippen LogP contribution in [0.3, 0.4) is 0 Å². The first-order chi connectivity index (χ1) is 17.0. The van der Waals surface area contributed by atoms with Crippen molar-refractivity contribution in [2.45, 2.75) is 52.0 Å². The predicted molar refractivity (Wildman–Crippen MR) is 138 cm³/mol.